The first-order valence-electron chi connectivity index (χ1n) is 8.42. The van der Waals surface area contributed by atoms with Crippen LogP contribution in [0.25, 0.3) is 0 Å². The molecular weight excluding hydrogens is 405 g/mol. The molecule has 23 heavy (non-hydrogen) atoms. The van der Waals surface area contributed by atoms with E-state index in [1.165, 1.54) is 25.7 Å². The Morgan fingerprint density at radius 1 is 1.35 bits per heavy atom. The van der Waals surface area contributed by atoms with Crippen molar-refractivity contribution in [1.82, 2.24) is 20.3 Å². The van der Waals surface area contributed by atoms with Crippen molar-refractivity contribution in [3.63, 3.8) is 0 Å². The molecule has 1 saturated carbocycles. The standard InChI is InChI=1S/C16H27N5O.HI/c1-17-16(18-7-2-3-14-4-5-14)21-10-8-20(9-11-21)13-15-6-12-22-19-15;/h6,12,14H,2-5,7-11,13H2,1H3,(H,17,18);1H. The van der Waals surface area contributed by atoms with Gasteiger partial charge in [0.25, 0.3) is 0 Å². The number of aromatic nitrogens is 1. The zero-order valence-corrected chi connectivity index (χ0v) is 16.2. The molecule has 1 aromatic rings. The van der Waals surface area contributed by atoms with Gasteiger partial charge in [-0.05, 0) is 18.8 Å². The Labute approximate surface area is 155 Å². The first-order chi connectivity index (χ1) is 10.8. The predicted molar refractivity (Wildman–Crippen MR) is 102 cm³/mol. The molecule has 0 bridgehead atoms. The van der Waals surface area contributed by atoms with Crippen LogP contribution in [0.5, 0.6) is 0 Å². The van der Waals surface area contributed by atoms with Crippen molar-refractivity contribution in [2.45, 2.75) is 32.2 Å². The summed E-state index contributed by atoms with van der Waals surface area (Å²) in [7, 11) is 1.88. The maximum Gasteiger partial charge on any atom is 0.193 e. The number of guanidine groups is 1. The maximum atomic E-state index is 4.89. The van der Waals surface area contributed by atoms with Crippen LogP contribution in [-0.2, 0) is 6.54 Å². The normalized spacial score (nSPS) is 19.5. The van der Waals surface area contributed by atoms with Crippen LogP contribution in [0.3, 0.4) is 0 Å². The van der Waals surface area contributed by atoms with Gasteiger partial charge in [-0.15, -0.1) is 24.0 Å². The van der Waals surface area contributed by atoms with Gasteiger partial charge in [-0.2, -0.15) is 0 Å². The molecule has 7 heteroatoms. The van der Waals surface area contributed by atoms with E-state index >= 15 is 0 Å². The monoisotopic (exact) mass is 433 g/mol. The summed E-state index contributed by atoms with van der Waals surface area (Å²) in [6, 6.07) is 1.94. The van der Waals surface area contributed by atoms with Gasteiger partial charge in [-0.1, -0.05) is 18.0 Å². The lowest BCUT2D eigenvalue weighted by Crippen LogP contribution is -2.52. The topological polar surface area (TPSA) is 56.9 Å². The van der Waals surface area contributed by atoms with Crippen molar-refractivity contribution in [2.24, 2.45) is 10.9 Å². The van der Waals surface area contributed by atoms with Gasteiger partial charge in [0.1, 0.15) is 6.26 Å². The van der Waals surface area contributed by atoms with Crippen LogP contribution in [0, 0.1) is 5.92 Å². The molecule has 130 valence electrons. The Hall–Kier alpha value is -0.830. The fourth-order valence-corrected chi connectivity index (χ4v) is 3.00. The smallest absolute Gasteiger partial charge is 0.193 e. The third-order valence-electron chi connectivity index (χ3n) is 4.53. The summed E-state index contributed by atoms with van der Waals surface area (Å²) >= 11 is 0. The summed E-state index contributed by atoms with van der Waals surface area (Å²) in [5.74, 6) is 2.07. The lowest BCUT2D eigenvalue weighted by atomic mass is 10.2. The van der Waals surface area contributed by atoms with Gasteiger partial charge in [0.2, 0.25) is 0 Å². The van der Waals surface area contributed by atoms with E-state index < -0.39 is 0 Å². The van der Waals surface area contributed by atoms with Crippen LogP contribution >= 0.6 is 24.0 Å². The second-order valence-electron chi connectivity index (χ2n) is 6.31. The summed E-state index contributed by atoms with van der Waals surface area (Å²) in [6.07, 6.45) is 7.16. The van der Waals surface area contributed by atoms with Crippen molar-refractivity contribution < 1.29 is 4.52 Å². The largest absolute Gasteiger partial charge is 0.364 e. The first-order valence-corrected chi connectivity index (χ1v) is 8.42. The van der Waals surface area contributed by atoms with Gasteiger partial charge in [-0.25, -0.2) is 0 Å². The Bertz CT molecular complexity index is 467. The van der Waals surface area contributed by atoms with Crippen molar-refractivity contribution in [1.29, 1.82) is 0 Å². The SMILES string of the molecule is CN=C(NCCCC1CC1)N1CCN(Cc2ccon2)CC1.I. The number of nitrogens with one attached hydrogen (secondary N) is 1. The lowest BCUT2D eigenvalue weighted by molar-refractivity contribution is 0.169. The molecule has 2 fully saturated rings. The van der Waals surface area contributed by atoms with Gasteiger partial charge < -0.3 is 14.7 Å². The molecule has 0 aromatic carbocycles. The number of halogens is 1. The zero-order chi connectivity index (χ0) is 15.2. The Kier molecular flexibility index (Phi) is 7.61. The summed E-state index contributed by atoms with van der Waals surface area (Å²) in [4.78, 5) is 9.20. The molecule has 1 aromatic heterocycles. The fraction of sp³-hybridized carbons (Fsp3) is 0.750. The lowest BCUT2D eigenvalue weighted by Gasteiger charge is -2.36. The number of hydrogen-bond donors (Lipinski definition) is 1. The summed E-state index contributed by atoms with van der Waals surface area (Å²) in [6.45, 7) is 6.02. The zero-order valence-electron chi connectivity index (χ0n) is 13.9. The molecule has 1 N–H and O–H groups in total. The third kappa shape index (κ3) is 5.95. The van der Waals surface area contributed by atoms with E-state index in [0.717, 1.165) is 56.8 Å². The van der Waals surface area contributed by atoms with Crippen LogP contribution < -0.4 is 5.32 Å². The van der Waals surface area contributed by atoms with Gasteiger partial charge in [0.05, 0.1) is 5.69 Å². The molecule has 0 unspecified atom stereocenters. The maximum absolute atomic E-state index is 4.89. The van der Waals surface area contributed by atoms with Crippen LogP contribution in [0.2, 0.25) is 0 Å². The van der Waals surface area contributed by atoms with Crippen molar-refractivity contribution in [3.8, 4) is 0 Å². The fourth-order valence-electron chi connectivity index (χ4n) is 3.00. The van der Waals surface area contributed by atoms with Crippen LogP contribution in [0.1, 0.15) is 31.4 Å². The van der Waals surface area contributed by atoms with E-state index in [1.54, 1.807) is 6.26 Å². The number of piperazine rings is 1. The quantitative estimate of drug-likeness (QED) is 0.323. The Morgan fingerprint density at radius 3 is 2.74 bits per heavy atom. The summed E-state index contributed by atoms with van der Waals surface area (Å²) in [5, 5.41) is 7.50. The van der Waals surface area contributed by atoms with Crippen molar-refractivity contribution in [2.75, 3.05) is 39.8 Å². The van der Waals surface area contributed by atoms with E-state index in [0.29, 0.717) is 0 Å². The average molecular weight is 433 g/mol. The van der Waals surface area contributed by atoms with E-state index in [2.05, 4.69) is 25.3 Å². The molecule has 0 amide bonds. The van der Waals surface area contributed by atoms with E-state index in [-0.39, 0.29) is 24.0 Å². The van der Waals surface area contributed by atoms with Gasteiger partial charge in [-0.3, -0.25) is 9.89 Å². The third-order valence-corrected chi connectivity index (χ3v) is 4.53. The number of rotatable bonds is 6. The molecule has 1 saturated heterocycles. The van der Waals surface area contributed by atoms with Crippen LogP contribution in [-0.4, -0.2) is 60.7 Å². The number of aliphatic imine (C=N–C) groups is 1. The molecule has 6 nitrogen and oxygen atoms in total. The molecule has 1 aliphatic heterocycles. The van der Waals surface area contributed by atoms with Crippen LogP contribution in [0.4, 0.5) is 0 Å². The first kappa shape index (κ1) is 18.5. The second kappa shape index (κ2) is 9.46. The molecular formula is C16H28IN5O. The highest BCUT2D eigenvalue weighted by Crippen LogP contribution is 2.33. The molecule has 1 aliphatic carbocycles. The van der Waals surface area contributed by atoms with Crippen molar-refractivity contribution >= 4 is 29.9 Å². The number of hydrogen-bond acceptors (Lipinski definition) is 4. The minimum absolute atomic E-state index is 0. The van der Waals surface area contributed by atoms with E-state index in [9.17, 15) is 0 Å². The Morgan fingerprint density at radius 2 is 2.13 bits per heavy atom. The molecule has 2 aliphatic rings. The Balaban J connectivity index is 0.00000192. The van der Waals surface area contributed by atoms with Gasteiger partial charge in [0, 0.05) is 52.4 Å². The van der Waals surface area contributed by atoms with Crippen LogP contribution in [0.15, 0.2) is 21.8 Å². The minimum Gasteiger partial charge on any atom is -0.364 e. The molecule has 0 spiro atoms. The predicted octanol–water partition coefficient (Wildman–Crippen LogP) is 2.18. The molecule has 3 rings (SSSR count). The molecule has 0 radical (unpaired) electrons. The van der Waals surface area contributed by atoms with E-state index in [4.69, 9.17) is 4.52 Å². The number of nitrogens with zero attached hydrogens (tertiary/aromatic N) is 4. The second-order valence-corrected chi connectivity index (χ2v) is 6.31. The summed E-state index contributed by atoms with van der Waals surface area (Å²) in [5.41, 5.74) is 1.01. The van der Waals surface area contributed by atoms with Gasteiger partial charge >= 0.3 is 0 Å². The summed E-state index contributed by atoms with van der Waals surface area (Å²) < 4.78 is 4.89. The highest BCUT2D eigenvalue weighted by Gasteiger charge is 2.21. The van der Waals surface area contributed by atoms with Crippen molar-refractivity contribution in [3.05, 3.63) is 18.0 Å². The molecule has 0 atom stereocenters. The average Bonchev–Trinajstić information content (AvgIpc) is 3.23. The van der Waals surface area contributed by atoms with Gasteiger partial charge in [0.15, 0.2) is 5.96 Å². The van der Waals surface area contributed by atoms with E-state index in [1.807, 2.05) is 13.1 Å². The minimum atomic E-state index is 0. The highest BCUT2D eigenvalue weighted by atomic mass is 127. The molecule has 2 heterocycles. The highest BCUT2D eigenvalue weighted by molar-refractivity contribution is 14.0.